The Labute approximate surface area is 90.1 Å². The second kappa shape index (κ2) is 2.73. The Balaban J connectivity index is 2.49. The first-order valence-corrected chi connectivity index (χ1v) is 5.35. The predicted molar refractivity (Wildman–Crippen MR) is 58.1 cm³/mol. The number of aryl methyl sites for hydroxylation is 1. The molecule has 3 nitrogen and oxygen atoms in total. The molecule has 0 atom stereocenters. The van der Waals surface area contributed by atoms with Crippen LogP contribution in [0.25, 0.3) is 10.9 Å². The first-order chi connectivity index (χ1) is 7.20. The van der Waals surface area contributed by atoms with Gasteiger partial charge in [0, 0.05) is 18.0 Å². The Kier molecular flexibility index (Phi) is 1.59. The van der Waals surface area contributed by atoms with Crippen molar-refractivity contribution in [3.8, 4) is 0 Å². The summed E-state index contributed by atoms with van der Waals surface area (Å²) in [6.45, 7) is 0. The third kappa shape index (κ3) is 0.969. The van der Waals surface area contributed by atoms with Gasteiger partial charge < -0.3 is 4.57 Å². The molecule has 1 aliphatic rings. The van der Waals surface area contributed by atoms with Crippen LogP contribution < -0.4 is 0 Å². The standard InChI is InChI=1S/C11H7NO2S/c1-12-7-5-3-2-4-6(7)8-9(13)11(14)15-10(8)12/h2-5H,1H3. The highest BCUT2D eigenvalue weighted by atomic mass is 32.2. The fourth-order valence-corrected chi connectivity index (χ4v) is 2.86. The van der Waals surface area contributed by atoms with E-state index in [1.807, 2.05) is 35.9 Å². The third-order valence-corrected chi connectivity index (χ3v) is 3.70. The highest BCUT2D eigenvalue weighted by Crippen LogP contribution is 2.39. The Morgan fingerprint density at radius 1 is 1.20 bits per heavy atom. The van der Waals surface area contributed by atoms with Gasteiger partial charge in [-0.15, -0.1) is 0 Å². The molecule has 2 aromatic rings. The number of aromatic nitrogens is 1. The highest BCUT2D eigenvalue weighted by molar-refractivity contribution is 8.16. The summed E-state index contributed by atoms with van der Waals surface area (Å²) in [6, 6.07) is 7.63. The van der Waals surface area contributed by atoms with E-state index in [1.165, 1.54) is 0 Å². The lowest BCUT2D eigenvalue weighted by molar-refractivity contribution is -0.107. The maximum Gasteiger partial charge on any atom is 0.266 e. The zero-order valence-corrected chi connectivity index (χ0v) is 8.80. The molecule has 1 aliphatic heterocycles. The van der Waals surface area contributed by atoms with Crippen molar-refractivity contribution in [2.24, 2.45) is 7.05 Å². The molecule has 0 unspecified atom stereocenters. The molecule has 15 heavy (non-hydrogen) atoms. The molecule has 0 amide bonds. The average molecular weight is 217 g/mol. The van der Waals surface area contributed by atoms with Crippen LogP contribution in [0.1, 0.15) is 10.4 Å². The van der Waals surface area contributed by atoms with Gasteiger partial charge in [-0.05, 0) is 17.8 Å². The predicted octanol–water partition coefficient (Wildman–Crippen LogP) is 1.99. The molecule has 0 spiro atoms. The Hall–Kier alpha value is -1.55. The van der Waals surface area contributed by atoms with E-state index in [9.17, 15) is 9.59 Å². The van der Waals surface area contributed by atoms with Gasteiger partial charge in [0.2, 0.25) is 5.78 Å². The maximum atomic E-state index is 11.6. The van der Waals surface area contributed by atoms with Crippen LogP contribution in [0.4, 0.5) is 0 Å². The van der Waals surface area contributed by atoms with Gasteiger partial charge in [-0.3, -0.25) is 9.59 Å². The molecule has 4 heteroatoms. The van der Waals surface area contributed by atoms with Crippen molar-refractivity contribution in [3.63, 3.8) is 0 Å². The summed E-state index contributed by atoms with van der Waals surface area (Å²) in [7, 11) is 1.88. The minimum Gasteiger partial charge on any atom is -0.338 e. The van der Waals surface area contributed by atoms with E-state index in [-0.39, 0.29) is 10.9 Å². The fourth-order valence-electron chi connectivity index (χ4n) is 1.94. The largest absolute Gasteiger partial charge is 0.338 e. The molecule has 74 valence electrons. The molecule has 3 rings (SSSR count). The van der Waals surface area contributed by atoms with Gasteiger partial charge >= 0.3 is 0 Å². The number of carbonyl (C=O) groups is 2. The van der Waals surface area contributed by atoms with E-state index >= 15 is 0 Å². The van der Waals surface area contributed by atoms with Gasteiger partial charge in [0.1, 0.15) is 0 Å². The number of ketones is 1. The first-order valence-electron chi connectivity index (χ1n) is 4.54. The zero-order chi connectivity index (χ0) is 10.6. The molecular weight excluding hydrogens is 210 g/mol. The Morgan fingerprint density at radius 2 is 1.93 bits per heavy atom. The van der Waals surface area contributed by atoms with Gasteiger partial charge in [0.05, 0.1) is 10.6 Å². The fraction of sp³-hybridized carbons (Fsp3) is 0.0909. The molecule has 2 heterocycles. The number of nitrogens with zero attached hydrogens (tertiary/aromatic N) is 1. The second-order valence-electron chi connectivity index (χ2n) is 3.47. The van der Waals surface area contributed by atoms with Crippen molar-refractivity contribution in [1.82, 2.24) is 4.57 Å². The molecule has 0 fully saturated rings. The lowest BCUT2D eigenvalue weighted by atomic mass is 10.1. The van der Waals surface area contributed by atoms with Crippen LogP contribution in [0.15, 0.2) is 29.3 Å². The van der Waals surface area contributed by atoms with E-state index in [2.05, 4.69) is 0 Å². The summed E-state index contributed by atoms with van der Waals surface area (Å²) in [5, 5.41) is 1.27. The summed E-state index contributed by atoms with van der Waals surface area (Å²) in [6.07, 6.45) is 0. The minimum absolute atomic E-state index is 0.369. The van der Waals surface area contributed by atoms with E-state index in [0.29, 0.717) is 5.56 Å². The summed E-state index contributed by atoms with van der Waals surface area (Å²) < 4.78 is 1.90. The quantitative estimate of drug-likeness (QED) is 0.633. The lowest BCUT2D eigenvalue weighted by Crippen LogP contribution is -2.02. The minimum atomic E-state index is -0.374. The molecular formula is C11H7NO2S. The van der Waals surface area contributed by atoms with Gasteiger partial charge in [-0.25, -0.2) is 0 Å². The average Bonchev–Trinajstić information content (AvgIpc) is 2.68. The normalized spacial score (nSPS) is 15.0. The van der Waals surface area contributed by atoms with Crippen molar-refractivity contribution < 1.29 is 9.59 Å². The van der Waals surface area contributed by atoms with Gasteiger partial charge in [0.25, 0.3) is 5.12 Å². The lowest BCUT2D eigenvalue weighted by Gasteiger charge is -1.98. The number of hydrogen-bond donors (Lipinski definition) is 0. The van der Waals surface area contributed by atoms with Crippen LogP contribution in [-0.2, 0) is 11.8 Å². The van der Waals surface area contributed by atoms with Gasteiger partial charge in [-0.2, -0.15) is 0 Å². The van der Waals surface area contributed by atoms with E-state index in [4.69, 9.17) is 0 Å². The van der Waals surface area contributed by atoms with Crippen LogP contribution in [0.3, 0.4) is 0 Å². The smallest absolute Gasteiger partial charge is 0.266 e. The molecule has 0 aliphatic carbocycles. The summed E-state index contributed by atoms with van der Waals surface area (Å²) in [5.41, 5.74) is 1.57. The number of para-hydroxylation sites is 1. The second-order valence-corrected chi connectivity index (χ2v) is 4.44. The number of benzene rings is 1. The van der Waals surface area contributed by atoms with Crippen LogP contribution in [0.5, 0.6) is 0 Å². The molecule has 0 bridgehead atoms. The van der Waals surface area contributed by atoms with Crippen LogP contribution in [-0.4, -0.2) is 15.5 Å². The number of carbonyl (C=O) groups excluding carboxylic acids is 2. The molecule has 0 saturated carbocycles. The van der Waals surface area contributed by atoms with E-state index in [1.54, 1.807) is 0 Å². The molecule has 0 N–H and O–H groups in total. The van der Waals surface area contributed by atoms with Gasteiger partial charge in [0.15, 0.2) is 0 Å². The SMILES string of the molecule is Cn1c2c(c3ccccc31)C(=O)C(=O)S2. The molecule has 0 saturated heterocycles. The maximum absolute atomic E-state index is 11.6. The number of Topliss-reactive ketones (excluding diaryl/α,β-unsaturated/α-hetero) is 1. The Bertz CT molecular complexity index is 612. The monoisotopic (exact) mass is 217 g/mol. The van der Waals surface area contributed by atoms with Crippen molar-refractivity contribution in [2.75, 3.05) is 0 Å². The topological polar surface area (TPSA) is 39.1 Å². The number of thioether (sulfide) groups is 1. The summed E-state index contributed by atoms with van der Waals surface area (Å²) in [5.74, 6) is -0.369. The van der Waals surface area contributed by atoms with Crippen molar-refractivity contribution in [2.45, 2.75) is 5.03 Å². The summed E-state index contributed by atoms with van der Waals surface area (Å²) in [4.78, 5) is 22.9. The highest BCUT2D eigenvalue weighted by Gasteiger charge is 2.34. The van der Waals surface area contributed by atoms with Crippen molar-refractivity contribution >= 4 is 33.6 Å². The molecule has 0 radical (unpaired) electrons. The van der Waals surface area contributed by atoms with E-state index < -0.39 is 0 Å². The summed E-state index contributed by atoms with van der Waals surface area (Å²) >= 11 is 1.03. The first kappa shape index (κ1) is 8.73. The van der Waals surface area contributed by atoms with E-state index in [0.717, 1.165) is 27.7 Å². The zero-order valence-electron chi connectivity index (χ0n) is 7.98. The number of hydrogen-bond acceptors (Lipinski definition) is 3. The number of rotatable bonds is 0. The van der Waals surface area contributed by atoms with Crippen LogP contribution in [0.2, 0.25) is 0 Å². The molecule has 1 aromatic heterocycles. The Morgan fingerprint density at radius 3 is 2.73 bits per heavy atom. The van der Waals surface area contributed by atoms with Crippen molar-refractivity contribution in [1.29, 1.82) is 0 Å². The van der Waals surface area contributed by atoms with Crippen LogP contribution in [0, 0.1) is 0 Å². The number of fused-ring (bicyclic) bond motifs is 3. The van der Waals surface area contributed by atoms with Crippen LogP contribution >= 0.6 is 11.8 Å². The third-order valence-electron chi connectivity index (χ3n) is 2.66. The molecule has 1 aromatic carbocycles. The van der Waals surface area contributed by atoms with Crippen molar-refractivity contribution in [3.05, 3.63) is 29.8 Å². The van der Waals surface area contributed by atoms with Gasteiger partial charge in [-0.1, -0.05) is 18.2 Å².